The SMILES string of the molecule is COC[C@H](C)NC(=O)COc1ccccc1Cl. The van der Waals surface area contributed by atoms with Crippen molar-refractivity contribution in [3.8, 4) is 5.75 Å². The first-order valence-electron chi connectivity index (χ1n) is 5.29. The molecule has 4 nitrogen and oxygen atoms in total. The molecular weight excluding hydrogens is 242 g/mol. The number of hydrogen-bond acceptors (Lipinski definition) is 3. The Morgan fingerprint density at radius 2 is 2.18 bits per heavy atom. The number of para-hydroxylation sites is 1. The largest absolute Gasteiger partial charge is 0.482 e. The van der Waals surface area contributed by atoms with Crippen LogP contribution in [0.3, 0.4) is 0 Å². The zero-order valence-electron chi connectivity index (χ0n) is 9.90. The molecule has 1 amide bonds. The van der Waals surface area contributed by atoms with Gasteiger partial charge in [0.25, 0.3) is 5.91 Å². The summed E-state index contributed by atoms with van der Waals surface area (Å²) in [4.78, 5) is 11.5. The second kappa shape index (κ2) is 7.14. The van der Waals surface area contributed by atoms with Gasteiger partial charge in [-0.25, -0.2) is 0 Å². The Balaban J connectivity index is 2.36. The van der Waals surface area contributed by atoms with E-state index in [9.17, 15) is 4.79 Å². The van der Waals surface area contributed by atoms with Crippen LogP contribution in [-0.4, -0.2) is 32.3 Å². The molecule has 5 heteroatoms. The van der Waals surface area contributed by atoms with Crippen molar-refractivity contribution in [1.29, 1.82) is 0 Å². The van der Waals surface area contributed by atoms with Crippen LogP contribution in [0, 0.1) is 0 Å². The van der Waals surface area contributed by atoms with Crippen molar-refractivity contribution in [2.24, 2.45) is 0 Å². The molecule has 0 saturated carbocycles. The van der Waals surface area contributed by atoms with Gasteiger partial charge in [0.15, 0.2) is 6.61 Å². The maximum Gasteiger partial charge on any atom is 0.258 e. The first kappa shape index (κ1) is 13.8. The van der Waals surface area contributed by atoms with Crippen molar-refractivity contribution >= 4 is 17.5 Å². The van der Waals surface area contributed by atoms with Crippen molar-refractivity contribution in [2.45, 2.75) is 13.0 Å². The van der Waals surface area contributed by atoms with Crippen LogP contribution in [0.15, 0.2) is 24.3 Å². The zero-order valence-corrected chi connectivity index (χ0v) is 10.7. The molecule has 1 atom stereocenters. The lowest BCUT2D eigenvalue weighted by Crippen LogP contribution is -2.38. The maximum atomic E-state index is 11.5. The van der Waals surface area contributed by atoms with E-state index < -0.39 is 0 Å². The predicted octanol–water partition coefficient (Wildman–Crippen LogP) is 1.87. The third-order valence-corrected chi connectivity index (χ3v) is 2.33. The number of nitrogens with one attached hydrogen (secondary N) is 1. The van der Waals surface area contributed by atoms with Gasteiger partial charge in [0.2, 0.25) is 0 Å². The Labute approximate surface area is 106 Å². The van der Waals surface area contributed by atoms with E-state index in [2.05, 4.69) is 5.32 Å². The summed E-state index contributed by atoms with van der Waals surface area (Å²) in [7, 11) is 1.59. The number of methoxy groups -OCH3 is 1. The summed E-state index contributed by atoms with van der Waals surface area (Å²) in [5.74, 6) is 0.304. The number of carbonyl (C=O) groups is 1. The van der Waals surface area contributed by atoms with Crippen LogP contribution in [0.4, 0.5) is 0 Å². The molecule has 94 valence electrons. The minimum atomic E-state index is -0.200. The molecule has 0 bridgehead atoms. The van der Waals surface area contributed by atoms with Crippen LogP contribution in [0.2, 0.25) is 5.02 Å². The highest BCUT2D eigenvalue weighted by Gasteiger charge is 2.08. The highest BCUT2D eigenvalue weighted by Crippen LogP contribution is 2.22. The summed E-state index contributed by atoms with van der Waals surface area (Å²) < 4.78 is 10.2. The lowest BCUT2D eigenvalue weighted by molar-refractivity contribution is -0.124. The molecule has 1 aromatic rings. The summed E-state index contributed by atoms with van der Waals surface area (Å²) in [6, 6.07) is 6.99. The van der Waals surface area contributed by atoms with Gasteiger partial charge in [-0.15, -0.1) is 0 Å². The first-order valence-corrected chi connectivity index (χ1v) is 5.67. The zero-order chi connectivity index (χ0) is 12.7. The van der Waals surface area contributed by atoms with E-state index in [4.69, 9.17) is 21.1 Å². The van der Waals surface area contributed by atoms with E-state index in [0.29, 0.717) is 17.4 Å². The molecule has 0 saturated heterocycles. The quantitative estimate of drug-likeness (QED) is 0.846. The highest BCUT2D eigenvalue weighted by atomic mass is 35.5. The Hall–Kier alpha value is -1.26. The van der Waals surface area contributed by atoms with Gasteiger partial charge >= 0.3 is 0 Å². The van der Waals surface area contributed by atoms with Crippen LogP contribution in [0.25, 0.3) is 0 Å². The Kier molecular flexibility index (Phi) is 5.80. The molecular formula is C12H16ClNO3. The molecule has 0 unspecified atom stereocenters. The monoisotopic (exact) mass is 257 g/mol. The number of amides is 1. The van der Waals surface area contributed by atoms with Crippen LogP contribution in [0.5, 0.6) is 5.75 Å². The van der Waals surface area contributed by atoms with Crippen molar-refractivity contribution in [2.75, 3.05) is 20.3 Å². The van der Waals surface area contributed by atoms with Crippen molar-refractivity contribution in [3.05, 3.63) is 29.3 Å². The Bertz CT molecular complexity index is 371. The Morgan fingerprint density at radius 3 is 2.82 bits per heavy atom. The number of carbonyl (C=O) groups excluding carboxylic acids is 1. The van der Waals surface area contributed by atoms with E-state index in [0.717, 1.165) is 0 Å². The average Bonchev–Trinajstić information content (AvgIpc) is 2.28. The summed E-state index contributed by atoms with van der Waals surface area (Å²) in [6.07, 6.45) is 0. The van der Waals surface area contributed by atoms with Crippen LogP contribution < -0.4 is 10.1 Å². The maximum absolute atomic E-state index is 11.5. The van der Waals surface area contributed by atoms with Crippen LogP contribution in [0.1, 0.15) is 6.92 Å². The molecule has 0 radical (unpaired) electrons. The number of rotatable bonds is 6. The van der Waals surface area contributed by atoms with Gasteiger partial charge in [-0.2, -0.15) is 0 Å². The third-order valence-electron chi connectivity index (χ3n) is 2.02. The lowest BCUT2D eigenvalue weighted by Gasteiger charge is -2.13. The number of halogens is 1. The minimum absolute atomic E-state index is 0.0395. The van der Waals surface area contributed by atoms with E-state index in [-0.39, 0.29) is 18.6 Å². The smallest absolute Gasteiger partial charge is 0.258 e. The van der Waals surface area contributed by atoms with Gasteiger partial charge < -0.3 is 14.8 Å². The highest BCUT2D eigenvalue weighted by molar-refractivity contribution is 6.32. The number of benzene rings is 1. The molecule has 0 aliphatic heterocycles. The van der Waals surface area contributed by atoms with Crippen LogP contribution in [-0.2, 0) is 9.53 Å². The minimum Gasteiger partial charge on any atom is -0.482 e. The fourth-order valence-electron chi connectivity index (χ4n) is 1.31. The molecule has 0 fully saturated rings. The summed E-state index contributed by atoms with van der Waals surface area (Å²) in [5.41, 5.74) is 0. The van der Waals surface area contributed by atoms with Crippen molar-refractivity contribution in [3.63, 3.8) is 0 Å². The number of ether oxygens (including phenoxy) is 2. The summed E-state index contributed by atoms with van der Waals surface area (Å²) >= 11 is 5.89. The molecule has 0 aromatic heterocycles. The van der Waals surface area contributed by atoms with Crippen molar-refractivity contribution < 1.29 is 14.3 Å². The van der Waals surface area contributed by atoms with Crippen LogP contribution >= 0.6 is 11.6 Å². The van der Waals surface area contributed by atoms with E-state index in [1.54, 1.807) is 31.4 Å². The standard InChI is InChI=1S/C12H16ClNO3/c1-9(7-16-2)14-12(15)8-17-11-6-4-3-5-10(11)13/h3-6,9H,7-8H2,1-2H3,(H,14,15)/t9-/m0/s1. The average molecular weight is 258 g/mol. The van der Waals surface area contributed by atoms with Gasteiger partial charge in [-0.1, -0.05) is 23.7 Å². The topological polar surface area (TPSA) is 47.6 Å². The second-order valence-corrected chi connectivity index (χ2v) is 4.05. The first-order chi connectivity index (χ1) is 8.13. The third kappa shape index (κ3) is 5.06. The van der Waals surface area contributed by atoms with E-state index >= 15 is 0 Å². The lowest BCUT2D eigenvalue weighted by atomic mass is 10.3. The van der Waals surface area contributed by atoms with Gasteiger partial charge in [0.1, 0.15) is 5.75 Å². The summed E-state index contributed by atoms with van der Waals surface area (Å²) in [5, 5.41) is 3.23. The Morgan fingerprint density at radius 1 is 1.47 bits per heavy atom. The molecule has 1 aromatic carbocycles. The summed E-state index contributed by atoms with van der Waals surface area (Å²) in [6.45, 7) is 2.27. The molecule has 0 heterocycles. The molecule has 1 rings (SSSR count). The normalized spacial score (nSPS) is 11.9. The molecule has 17 heavy (non-hydrogen) atoms. The van der Waals surface area contributed by atoms with E-state index in [1.165, 1.54) is 0 Å². The van der Waals surface area contributed by atoms with Gasteiger partial charge in [0, 0.05) is 13.2 Å². The predicted molar refractivity (Wildman–Crippen MR) is 66.4 cm³/mol. The van der Waals surface area contributed by atoms with Crippen molar-refractivity contribution in [1.82, 2.24) is 5.32 Å². The molecule has 1 N–H and O–H groups in total. The fraction of sp³-hybridized carbons (Fsp3) is 0.417. The van der Waals surface area contributed by atoms with Gasteiger partial charge in [-0.3, -0.25) is 4.79 Å². The van der Waals surface area contributed by atoms with Gasteiger partial charge in [-0.05, 0) is 19.1 Å². The van der Waals surface area contributed by atoms with Gasteiger partial charge in [0.05, 0.1) is 11.6 Å². The molecule has 0 aliphatic carbocycles. The molecule has 0 spiro atoms. The fourth-order valence-corrected chi connectivity index (χ4v) is 1.50. The molecule has 0 aliphatic rings. The van der Waals surface area contributed by atoms with E-state index in [1.807, 2.05) is 6.92 Å². The second-order valence-electron chi connectivity index (χ2n) is 3.64. The number of hydrogen-bond donors (Lipinski definition) is 1.